The molecule has 1 aliphatic carbocycles. The Balaban J connectivity index is 1.44. The number of aryl methyl sites for hydroxylation is 1. The molecule has 1 aliphatic heterocycles. The number of amides is 3. The van der Waals surface area contributed by atoms with Crippen LogP contribution in [-0.4, -0.2) is 41.7 Å². The molecule has 0 bridgehead atoms. The molecule has 7 nitrogen and oxygen atoms in total. The standard InChI is InChI=1S/C20H24N2O5/c1-13-6-2-3-7-14(13)10-21-17(23)12-27-18(24)11-22-19(25)15-8-4-5-9-16(15)20(22)26/h2-3,6-7,15-16H,4-5,8-12H2,1H3,(H,21,23)/t15-,16-/m1/s1. The maximum atomic E-state index is 12.3. The third-order valence-corrected chi connectivity index (χ3v) is 5.32. The largest absolute Gasteiger partial charge is 0.454 e. The molecule has 0 aromatic heterocycles. The first-order valence-corrected chi connectivity index (χ1v) is 9.29. The molecule has 1 saturated heterocycles. The summed E-state index contributed by atoms with van der Waals surface area (Å²) in [5.74, 6) is -2.34. The lowest BCUT2D eigenvalue weighted by molar-refractivity contribution is -0.154. The van der Waals surface area contributed by atoms with Gasteiger partial charge in [-0.15, -0.1) is 0 Å². The zero-order valence-electron chi connectivity index (χ0n) is 15.4. The van der Waals surface area contributed by atoms with Crippen LogP contribution in [-0.2, 0) is 30.5 Å². The van der Waals surface area contributed by atoms with Gasteiger partial charge in [0.1, 0.15) is 6.54 Å². The van der Waals surface area contributed by atoms with Gasteiger partial charge in [0.15, 0.2) is 6.61 Å². The second-order valence-corrected chi connectivity index (χ2v) is 7.12. The van der Waals surface area contributed by atoms with Crippen molar-refractivity contribution in [2.75, 3.05) is 13.2 Å². The fourth-order valence-corrected chi connectivity index (χ4v) is 3.76. The number of hydrogen-bond donors (Lipinski definition) is 1. The van der Waals surface area contributed by atoms with Crippen molar-refractivity contribution in [3.8, 4) is 0 Å². The number of nitrogens with one attached hydrogen (secondary N) is 1. The first-order valence-electron chi connectivity index (χ1n) is 9.29. The minimum atomic E-state index is -0.749. The van der Waals surface area contributed by atoms with Gasteiger partial charge in [0, 0.05) is 6.54 Å². The van der Waals surface area contributed by atoms with Crippen molar-refractivity contribution in [2.45, 2.75) is 39.2 Å². The third kappa shape index (κ3) is 4.35. The number of esters is 1. The summed E-state index contributed by atoms with van der Waals surface area (Å²) in [4.78, 5) is 49.5. The molecule has 144 valence electrons. The average molecular weight is 372 g/mol. The molecule has 1 aromatic rings. The van der Waals surface area contributed by atoms with Crippen LogP contribution >= 0.6 is 0 Å². The zero-order chi connectivity index (χ0) is 19.4. The van der Waals surface area contributed by atoms with Crippen molar-refractivity contribution in [1.29, 1.82) is 0 Å². The average Bonchev–Trinajstić information content (AvgIpc) is 2.91. The molecular formula is C20H24N2O5. The van der Waals surface area contributed by atoms with Gasteiger partial charge < -0.3 is 10.1 Å². The Morgan fingerprint density at radius 3 is 2.37 bits per heavy atom. The minimum absolute atomic E-state index is 0.286. The number of likely N-dealkylation sites (tertiary alicyclic amines) is 1. The van der Waals surface area contributed by atoms with Crippen LogP contribution in [0.5, 0.6) is 0 Å². The number of ether oxygens (including phenoxy) is 1. The van der Waals surface area contributed by atoms with E-state index in [0.29, 0.717) is 19.4 Å². The van der Waals surface area contributed by atoms with Gasteiger partial charge in [-0.3, -0.25) is 24.1 Å². The van der Waals surface area contributed by atoms with Gasteiger partial charge in [-0.1, -0.05) is 37.1 Å². The second kappa shape index (κ2) is 8.33. The van der Waals surface area contributed by atoms with Crippen molar-refractivity contribution in [3.63, 3.8) is 0 Å². The molecule has 2 fully saturated rings. The molecule has 0 spiro atoms. The number of carbonyl (C=O) groups excluding carboxylic acids is 4. The van der Waals surface area contributed by atoms with Crippen molar-refractivity contribution >= 4 is 23.7 Å². The monoisotopic (exact) mass is 372 g/mol. The molecule has 2 aliphatic rings. The van der Waals surface area contributed by atoms with E-state index >= 15 is 0 Å². The molecule has 1 aromatic carbocycles. The minimum Gasteiger partial charge on any atom is -0.454 e. The van der Waals surface area contributed by atoms with E-state index in [1.54, 1.807) is 0 Å². The van der Waals surface area contributed by atoms with Crippen molar-refractivity contribution in [2.24, 2.45) is 11.8 Å². The van der Waals surface area contributed by atoms with Crippen molar-refractivity contribution < 1.29 is 23.9 Å². The molecule has 0 unspecified atom stereocenters. The SMILES string of the molecule is Cc1ccccc1CNC(=O)COC(=O)CN1C(=O)[C@@H]2CCCC[C@H]2C1=O. The highest BCUT2D eigenvalue weighted by Gasteiger charge is 2.48. The Labute approximate surface area is 158 Å². The quantitative estimate of drug-likeness (QED) is 0.601. The van der Waals surface area contributed by atoms with E-state index in [-0.39, 0.29) is 23.7 Å². The number of benzene rings is 1. The third-order valence-electron chi connectivity index (χ3n) is 5.32. The second-order valence-electron chi connectivity index (χ2n) is 7.12. The molecule has 27 heavy (non-hydrogen) atoms. The first-order chi connectivity index (χ1) is 13.0. The number of rotatable bonds is 6. The van der Waals surface area contributed by atoms with Gasteiger partial charge in [-0.2, -0.15) is 0 Å². The van der Waals surface area contributed by atoms with Gasteiger partial charge in [-0.25, -0.2) is 0 Å². The molecule has 7 heteroatoms. The van der Waals surface area contributed by atoms with Crippen molar-refractivity contribution in [3.05, 3.63) is 35.4 Å². The smallest absolute Gasteiger partial charge is 0.326 e. The van der Waals surface area contributed by atoms with E-state index in [1.807, 2.05) is 31.2 Å². The van der Waals surface area contributed by atoms with Gasteiger partial charge >= 0.3 is 5.97 Å². The van der Waals surface area contributed by atoms with E-state index in [9.17, 15) is 19.2 Å². The molecule has 3 rings (SSSR count). The maximum absolute atomic E-state index is 12.3. The summed E-state index contributed by atoms with van der Waals surface area (Å²) in [5, 5.41) is 2.68. The first kappa shape index (κ1) is 19.1. The summed E-state index contributed by atoms with van der Waals surface area (Å²) < 4.78 is 4.94. The van der Waals surface area contributed by atoms with Gasteiger partial charge in [0.05, 0.1) is 11.8 Å². The van der Waals surface area contributed by atoms with E-state index in [4.69, 9.17) is 4.74 Å². The Morgan fingerprint density at radius 1 is 1.11 bits per heavy atom. The summed E-state index contributed by atoms with van der Waals surface area (Å²) in [6.45, 7) is 1.43. The van der Waals surface area contributed by atoms with Crippen LogP contribution in [0.4, 0.5) is 0 Å². The van der Waals surface area contributed by atoms with E-state index < -0.39 is 25.0 Å². The highest BCUT2D eigenvalue weighted by Crippen LogP contribution is 2.37. The fourth-order valence-electron chi connectivity index (χ4n) is 3.76. The van der Waals surface area contributed by atoms with Crippen LogP contribution in [0.25, 0.3) is 0 Å². The summed E-state index contributed by atoms with van der Waals surface area (Å²) in [6, 6.07) is 7.66. The van der Waals surface area contributed by atoms with Crippen LogP contribution in [0.15, 0.2) is 24.3 Å². The molecule has 1 heterocycles. The number of nitrogens with zero attached hydrogens (tertiary/aromatic N) is 1. The molecule has 1 N–H and O–H groups in total. The van der Waals surface area contributed by atoms with Crippen LogP contribution < -0.4 is 5.32 Å². The Kier molecular flexibility index (Phi) is 5.88. The Hall–Kier alpha value is -2.70. The predicted molar refractivity (Wildman–Crippen MR) is 96.2 cm³/mol. The lowest BCUT2D eigenvalue weighted by Gasteiger charge is -2.19. The van der Waals surface area contributed by atoms with Crippen LogP contribution in [0.2, 0.25) is 0 Å². The van der Waals surface area contributed by atoms with E-state index in [0.717, 1.165) is 28.9 Å². The lowest BCUT2D eigenvalue weighted by atomic mass is 9.81. The summed E-state index contributed by atoms with van der Waals surface area (Å²) in [6.07, 6.45) is 3.25. The fraction of sp³-hybridized carbons (Fsp3) is 0.500. The highest BCUT2D eigenvalue weighted by molar-refractivity contribution is 6.07. The molecular weight excluding hydrogens is 348 g/mol. The summed E-state index contributed by atoms with van der Waals surface area (Å²) >= 11 is 0. The van der Waals surface area contributed by atoms with Gasteiger partial charge in [-0.05, 0) is 30.9 Å². The number of fused-ring (bicyclic) bond motifs is 1. The molecule has 3 amide bonds. The van der Waals surface area contributed by atoms with Crippen LogP contribution in [0, 0.1) is 18.8 Å². The van der Waals surface area contributed by atoms with Crippen molar-refractivity contribution in [1.82, 2.24) is 10.2 Å². The van der Waals surface area contributed by atoms with Crippen LogP contribution in [0.1, 0.15) is 36.8 Å². The molecule has 1 saturated carbocycles. The highest BCUT2D eigenvalue weighted by atomic mass is 16.5. The van der Waals surface area contributed by atoms with Gasteiger partial charge in [0.2, 0.25) is 11.8 Å². The van der Waals surface area contributed by atoms with Crippen LogP contribution in [0.3, 0.4) is 0 Å². The van der Waals surface area contributed by atoms with Gasteiger partial charge in [0.25, 0.3) is 5.91 Å². The molecule has 0 radical (unpaired) electrons. The number of carbonyl (C=O) groups is 4. The predicted octanol–water partition coefficient (Wildman–Crippen LogP) is 1.33. The lowest BCUT2D eigenvalue weighted by Crippen LogP contribution is -2.38. The van der Waals surface area contributed by atoms with E-state index in [1.165, 1.54) is 0 Å². The summed E-state index contributed by atoms with van der Waals surface area (Å²) in [5.41, 5.74) is 2.04. The molecule has 2 atom stereocenters. The number of hydrogen-bond acceptors (Lipinski definition) is 5. The maximum Gasteiger partial charge on any atom is 0.326 e. The Morgan fingerprint density at radius 2 is 1.74 bits per heavy atom. The summed E-state index contributed by atoms with van der Waals surface area (Å²) in [7, 11) is 0. The zero-order valence-corrected chi connectivity index (χ0v) is 15.4. The topological polar surface area (TPSA) is 92.8 Å². The number of imide groups is 1. The normalized spacial score (nSPS) is 21.7. The van der Waals surface area contributed by atoms with E-state index in [2.05, 4.69) is 5.32 Å². The Bertz CT molecular complexity index is 736.